The lowest BCUT2D eigenvalue weighted by Gasteiger charge is -2.31. The van der Waals surface area contributed by atoms with Crippen molar-refractivity contribution in [1.82, 2.24) is 36.8 Å². The van der Waals surface area contributed by atoms with Gasteiger partial charge in [-0.05, 0) is 63.3 Å². The number of carbonyl (C=O) groups is 8. The molecule has 12 N–H and O–H groups in total. The Morgan fingerprint density at radius 2 is 1.18 bits per heavy atom. The molecule has 1 aliphatic rings. The van der Waals surface area contributed by atoms with Crippen molar-refractivity contribution in [2.45, 2.75) is 149 Å². The van der Waals surface area contributed by atoms with Gasteiger partial charge in [-0.25, -0.2) is 4.79 Å². The van der Waals surface area contributed by atoms with Gasteiger partial charge in [0.15, 0.2) is 0 Å². The van der Waals surface area contributed by atoms with Crippen molar-refractivity contribution in [3.8, 4) is 0 Å². The molecule has 1 rings (SSSR count). The van der Waals surface area contributed by atoms with Gasteiger partial charge >= 0.3 is 5.97 Å². The molecule has 0 aromatic rings. The molecule has 320 valence electrons. The van der Waals surface area contributed by atoms with Gasteiger partial charge in [0.05, 0.1) is 12.1 Å². The summed E-state index contributed by atoms with van der Waals surface area (Å²) in [6, 6.07) is -9.15. The fourth-order valence-electron chi connectivity index (χ4n) is 6.07. The van der Waals surface area contributed by atoms with Crippen LogP contribution in [-0.4, -0.2) is 130 Å². The second kappa shape index (κ2) is 23.0. The maximum Gasteiger partial charge on any atom is 0.326 e. The molecule has 0 bridgehead atoms. The Balaban J connectivity index is 3.07. The van der Waals surface area contributed by atoms with E-state index >= 15 is 0 Å². The molecule has 0 aromatic carbocycles. The van der Waals surface area contributed by atoms with Crippen LogP contribution in [0.2, 0.25) is 0 Å². The number of carboxylic acid groups (broad SMARTS) is 1. The van der Waals surface area contributed by atoms with Crippen LogP contribution in [0.4, 0.5) is 0 Å². The number of likely N-dealkylation sites (tertiary alicyclic amines) is 1. The predicted molar refractivity (Wildman–Crippen MR) is 207 cm³/mol. The van der Waals surface area contributed by atoms with E-state index in [1.165, 1.54) is 18.7 Å². The Hall–Kier alpha value is -4.36. The largest absolute Gasteiger partial charge is 0.480 e. The first kappa shape index (κ1) is 49.7. The van der Waals surface area contributed by atoms with Crippen LogP contribution < -0.4 is 43.4 Å². The van der Waals surface area contributed by atoms with E-state index in [2.05, 4.69) is 31.9 Å². The number of aliphatic hydroxyl groups is 1. The van der Waals surface area contributed by atoms with Crippen LogP contribution >= 0.6 is 0 Å². The number of hydrogen-bond donors (Lipinski definition) is 10. The fraction of sp³-hybridized carbons (Fsp3) is 0.784. The Labute approximate surface area is 329 Å². The summed E-state index contributed by atoms with van der Waals surface area (Å²) in [5.41, 5.74) is 11.6. The first-order valence-electron chi connectivity index (χ1n) is 19.5. The molecule has 1 heterocycles. The number of aliphatic carboxylic acids is 1. The Bertz CT molecular complexity index is 1390. The summed E-state index contributed by atoms with van der Waals surface area (Å²) in [7, 11) is 0. The molecule has 19 nitrogen and oxygen atoms in total. The van der Waals surface area contributed by atoms with Gasteiger partial charge in [0, 0.05) is 6.54 Å². The molecular formula is C37H67N9O10. The summed E-state index contributed by atoms with van der Waals surface area (Å²) in [6.45, 7) is 16.5. The van der Waals surface area contributed by atoms with Gasteiger partial charge in [0.1, 0.15) is 42.3 Å². The standard InChI is InChI=1S/C37H67N9O10/c1-11-20(8)28(37(55)56)44-30(48)23(14-15-38)41-34(52)27(19(6)7)42-31(49)24-13-12-16-46(24)36(54)21(9)40-33(51)26(18(4)5)43-35(53)29(22(10)47)45-32(50)25(39)17(2)3/h17-29,47H,11-16,38-39H2,1-10H3,(H,40,51)(H,41,52)(H,42,49)(H,43,53)(H,44,48)(H,45,50)(H,55,56)/t20-,21-,22+,23-,24-,25-,26-,27-,28-,29-/m0/s1. The lowest BCUT2D eigenvalue weighted by atomic mass is 9.98. The summed E-state index contributed by atoms with van der Waals surface area (Å²) < 4.78 is 0. The maximum absolute atomic E-state index is 13.7. The van der Waals surface area contributed by atoms with Gasteiger partial charge in [0.2, 0.25) is 41.4 Å². The molecule has 0 unspecified atom stereocenters. The molecule has 1 saturated heterocycles. The van der Waals surface area contributed by atoms with Crippen molar-refractivity contribution >= 4 is 47.3 Å². The van der Waals surface area contributed by atoms with Crippen LogP contribution in [0.1, 0.15) is 94.9 Å². The van der Waals surface area contributed by atoms with Gasteiger partial charge in [-0.1, -0.05) is 61.8 Å². The molecule has 1 fully saturated rings. The zero-order chi connectivity index (χ0) is 43.2. The monoisotopic (exact) mass is 798 g/mol. The van der Waals surface area contributed by atoms with Gasteiger partial charge in [0.25, 0.3) is 0 Å². The molecule has 1 aliphatic heterocycles. The average Bonchev–Trinajstić information content (AvgIpc) is 3.61. The van der Waals surface area contributed by atoms with Crippen molar-refractivity contribution in [3.63, 3.8) is 0 Å². The van der Waals surface area contributed by atoms with Crippen molar-refractivity contribution in [3.05, 3.63) is 0 Å². The van der Waals surface area contributed by atoms with Gasteiger partial charge in [-0.3, -0.25) is 33.6 Å². The lowest BCUT2D eigenvalue weighted by Crippen LogP contribution is -2.62. The molecule has 0 spiro atoms. The van der Waals surface area contributed by atoms with E-state index in [0.717, 1.165) is 0 Å². The normalized spacial score (nSPS) is 19.1. The smallest absolute Gasteiger partial charge is 0.326 e. The van der Waals surface area contributed by atoms with Crippen LogP contribution in [0.25, 0.3) is 0 Å². The van der Waals surface area contributed by atoms with E-state index < -0.39 is 114 Å². The van der Waals surface area contributed by atoms with Crippen LogP contribution in [-0.2, 0) is 38.4 Å². The van der Waals surface area contributed by atoms with Crippen LogP contribution in [0.3, 0.4) is 0 Å². The van der Waals surface area contributed by atoms with Crippen molar-refractivity contribution < 1.29 is 48.6 Å². The SMILES string of the molecule is CC[C@H](C)[C@H](NC(=O)[C@H](CCN)NC(=O)[C@@H](NC(=O)[C@@H]1CCCN1C(=O)[C@H](C)NC(=O)[C@@H](NC(=O)[C@@H](NC(=O)[C@@H](N)C(C)C)[C@@H](C)O)C(C)C)C(C)C)C(=O)O. The molecular weight excluding hydrogens is 730 g/mol. The highest BCUT2D eigenvalue weighted by Crippen LogP contribution is 2.20. The van der Waals surface area contributed by atoms with Crippen LogP contribution in [0.5, 0.6) is 0 Å². The van der Waals surface area contributed by atoms with Crippen LogP contribution in [0, 0.1) is 23.7 Å². The minimum Gasteiger partial charge on any atom is -0.480 e. The first-order chi connectivity index (χ1) is 26.0. The highest BCUT2D eigenvalue weighted by atomic mass is 16.4. The number of hydrogen-bond acceptors (Lipinski definition) is 11. The molecule has 0 aliphatic carbocycles. The zero-order valence-electron chi connectivity index (χ0n) is 34.5. The van der Waals surface area contributed by atoms with E-state index in [0.29, 0.717) is 12.8 Å². The maximum atomic E-state index is 13.7. The molecule has 10 atom stereocenters. The van der Waals surface area contributed by atoms with Gasteiger partial charge in [-0.15, -0.1) is 0 Å². The summed E-state index contributed by atoms with van der Waals surface area (Å²) >= 11 is 0. The number of amides is 7. The van der Waals surface area contributed by atoms with E-state index in [1.807, 2.05) is 0 Å². The quantitative estimate of drug-likeness (QED) is 0.0573. The van der Waals surface area contributed by atoms with Crippen molar-refractivity contribution in [2.75, 3.05) is 13.1 Å². The third-order valence-electron chi connectivity index (χ3n) is 10.0. The molecule has 0 aromatic heterocycles. The number of rotatable bonds is 22. The minimum absolute atomic E-state index is 0.00372. The van der Waals surface area contributed by atoms with Crippen molar-refractivity contribution in [2.24, 2.45) is 35.1 Å². The summed E-state index contributed by atoms with van der Waals surface area (Å²) in [5, 5.41) is 35.2. The number of carbonyl (C=O) groups excluding carboxylic acids is 7. The Morgan fingerprint density at radius 3 is 1.66 bits per heavy atom. The van der Waals surface area contributed by atoms with Gasteiger partial charge < -0.3 is 58.5 Å². The number of carboxylic acids is 1. The van der Waals surface area contributed by atoms with Crippen LogP contribution in [0.15, 0.2) is 0 Å². The minimum atomic E-state index is -1.41. The lowest BCUT2D eigenvalue weighted by molar-refractivity contribution is -0.144. The number of nitrogens with zero attached hydrogens (tertiary/aromatic N) is 1. The Morgan fingerprint density at radius 1 is 0.679 bits per heavy atom. The molecule has 0 radical (unpaired) electrons. The van der Waals surface area contributed by atoms with Crippen molar-refractivity contribution in [1.29, 1.82) is 0 Å². The molecule has 0 saturated carbocycles. The van der Waals surface area contributed by atoms with Gasteiger partial charge in [-0.2, -0.15) is 0 Å². The second-order valence-electron chi connectivity index (χ2n) is 15.7. The number of nitrogens with one attached hydrogen (secondary N) is 6. The van der Waals surface area contributed by atoms with E-state index in [4.69, 9.17) is 11.5 Å². The van der Waals surface area contributed by atoms with E-state index in [9.17, 15) is 48.6 Å². The number of aliphatic hydroxyl groups excluding tert-OH is 1. The fourth-order valence-corrected chi connectivity index (χ4v) is 6.07. The molecule has 56 heavy (non-hydrogen) atoms. The Kier molecular flexibility index (Phi) is 20.4. The highest BCUT2D eigenvalue weighted by molar-refractivity contribution is 5.98. The average molecular weight is 798 g/mol. The highest BCUT2D eigenvalue weighted by Gasteiger charge is 2.40. The molecule has 19 heteroatoms. The first-order valence-corrected chi connectivity index (χ1v) is 19.5. The third-order valence-corrected chi connectivity index (χ3v) is 10.0. The topological polar surface area (TPSA) is 304 Å². The summed E-state index contributed by atoms with van der Waals surface area (Å²) in [6.07, 6.45) is -0.110. The summed E-state index contributed by atoms with van der Waals surface area (Å²) in [5.74, 6) is -7.62. The van der Waals surface area contributed by atoms with E-state index in [1.54, 1.807) is 55.4 Å². The second-order valence-corrected chi connectivity index (χ2v) is 15.7. The molecule has 7 amide bonds. The van der Waals surface area contributed by atoms with E-state index in [-0.39, 0.29) is 37.8 Å². The summed E-state index contributed by atoms with van der Waals surface area (Å²) in [4.78, 5) is 106. The predicted octanol–water partition coefficient (Wildman–Crippen LogP) is -1.94. The zero-order valence-corrected chi connectivity index (χ0v) is 34.5. The number of nitrogens with two attached hydrogens (primary N) is 2. The third kappa shape index (κ3) is 14.3.